The summed E-state index contributed by atoms with van der Waals surface area (Å²) >= 11 is 1.41. The smallest absolute Gasteiger partial charge is 0.239 e. The Morgan fingerprint density at radius 3 is 2.48 bits per heavy atom. The second-order valence-electron chi connectivity index (χ2n) is 6.62. The summed E-state index contributed by atoms with van der Waals surface area (Å²) in [7, 11) is 1.64. The first-order chi connectivity index (χ1) is 13.0. The number of amides is 1. The van der Waals surface area contributed by atoms with Crippen molar-refractivity contribution in [3.05, 3.63) is 65.2 Å². The molecule has 1 atom stereocenters. The van der Waals surface area contributed by atoms with Gasteiger partial charge < -0.3 is 10.1 Å². The molecule has 1 aliphatic heterocycles. The zero-order valence-electron chi connectivity index (χ0n) is 15.7. The molecule has 6 heteroatoms. The summed E-state index contributed by atoms with van der Waals surface area (Å²) in [5, 5.41) is 11.4. The number of benzene rings is 2. The summed E-state index contributed by atoms with van der Waals surface area (Å²) in [5.41, 5.74) is 3.35. The van der Waals surface area contributed by atoms with Crippen molar-refractivity contribution in [1.29, 1.82) is 0 Å². The molecule has 0 radical (unpaired) electrons. The molecule has 27 heavy (non-hydrogen) atoms. The average Bonchev–Trinajstić information content (AvgIpc) is 3.02. The Morgan fingerprint density at radius 2 is 1.85 bits per heavy atom. The minimum atomic E-state index is -0.197. The molecule has 1 unspecified atom stereocenters. The zero-order valence-corrected chi connectivity index (χ0v) is 16.5. The van der Waals surface area contributed by atoms with Gasteiger partial charge in [-0.05, 0) is 41.2 Å². The van der Waals surface area contributed by atoms with Gasteiger partial charge in [-0.15, -0.1) is 5.10 Å². The minimum absolute atomic E-state index is 0.0361. The van der Waals surface area contributed by atoms with Crippen LogP contribution in [0.2, 0.25) is 0 Å². The molecule has 1 saturated heterocycles. The molecule has 0 saturated carbocycles. The Hall–Kier alpha value is -2.60. The second kappa shape index (κ2) is 8.86. The summed E-state index contributed by atoms with van der Waals surface area (Å²) in [6.45, 7) is 4.33. The van der Waals surface area contributed by atoms with Crippen LogP contribution in [0.1, 0.15) is 36.5 Å². The third kappa shape index (κ3) is 5.20. The van der Waals surface area contributed by atoms with Crippen LogP contribution in [0, 0.1) is 0 Å². The average molecular weight is 382 g/mol. The van der Waals surface area contributed by atoms with E-state index in [2.05, 4.69) is 41.5 Å². The highest BCUT2D eigenvalue weighted by atomic mass is 32.2. The van der Waals surface area contributed by atoms with Crippen molar-refractivity contribution in [3.8, 4) is 5.75 Å². The standard InChI is InChI=1S/C21H23N3O2S/c1-14(2)17-8-4-16(5-9-17)13-22-24-21-23-20(25)19(27-21)12-15-6-10-18(26-3)11-7-15/h4-11,13-14,19H,12H2,1-3H3,(H,23,24,25). The number of carbonyl (C=O) groups excluding carboxylic acids is 1. The van der Waals surface area contributed by atoms with E-state index in [4.69, 9.17) is 4.74 Å². The molecule has 0 aliphatic carbocycles. The summed E-state index contributed by atoms with van der Waals surface area (Å²) < 4.78 is 5.16. The fourth-order valence-corrected chi connectivity index (χ4v) is 3.64. The quantitative estimate of drug-likeness (QED) is 0.608. The first kappa shape index (κ1) is 19.2. The molecule has 0 spiro atoms. The summed E-state index contributed by atoms with van der Waals surface area (Å²) in [4.78, 5) is 12.2. The Balaban J connectivity index is 1.58. The largest absolute Gasteiger partial charge is 0.497 e. The molecule has 0 aromatic heterocycles. The third-order valence-electron chi connectivity index (χ3n) is 4.32. The van der Waals surface area contributed by atoms with E-state index in [9.17, 15) is 4.79 Å². The molecule has 5 nitrogen and oxygen atoms in total. The SMILES string of the molecule is COc1ccc(CC2SC(=NN=Cc3ccc(C(C)C)cc3)NC2=O)cc1. The molecule has 3 rings (SSSR count). The number of methoxy groups -OCH3 is 1. The Morgan fingerprint density at radius 1 is 1.15 bits per heavy atom. The van der Waals surface area contributed by atoms with Crippen LogP contribution in [-0.2, 0) is 11.2 Å². The van der Waals surface area contributed by atoms with Crippen LogP contribution in [0.15, 0.2) is 58.7 Å². The fourth-order valence-electron chi connectivity index (χ4n) is 2.68. The minimum Gasteiger partial charge on any atom is -0.497 e. The molecule has 140 valence electrons. The lowest BCUT2D eigenvalue weighted by atomic mass is 10.0. The van der Waals surface area contributed by atoms with E-state index in [1.165, 1.54) is 17.3 Å². The maximum Gasteiger partial charge on any atom is 0.239 e. The number of ether oxygens (including phenoxy) is 1. The summed E-state index contributed by atoms with van der Waals surface area (Å²) in [6.07, 6.45) is 2.33. The van der Waals surface area contributed by atoms with Gasteiger partial charge in [0.1, 0.15) is 5.75 Å². The molecule has 1 heterocycles. The van der Waals surface area contributed by atoms with Crippen molar-refractivity contribution < 1.29 is 9.53 Å². The van der Waals surface area contributed by atoms with Gasteiger partial charge in [0.05, 0.1) is 18.6 Å². The number of rotatable bonds is 6. The molecule has 2 aromatic rings. The van der Waals surface area contributed by atoms with E-state index in [-0.39, 0.29) is 11.2 Å². The van der Waals surface area contributed by atoms with E-state index in [0.717, 1.165) is 16.9 Å². The molecule has 0 bridgehead atoms. The van der Waals surface area contributed by atoms with Gasteiger partial charge >= 0.3 is 0 Å². The van der Waals surface area contributed by atoms with Gasteiger partial charge in [-0.3, -0.25) is 4.79 Å². The monoisotopic (exact) mass is 381 g/mol. The van der Waals surface area contributed by atoms with E-state index < -0.39 is 0 Å². The normalized spacial score (nSPS) is 18.4. The highest BCUT2D eigenvalue weighted by Crippen LogP contribution is 2.24. The van der Waals surface area contributed by atoms with E-state index in [1.54, 1.807) is 13.3 Å². The summed E-state index contributed by atoms with van der Waals surface area (Å²) in [6, 6.07) is 16.0. The van der Waals surface area contributed by atoms with Crippen LogP contribution in [0.25, 0.3) is 0 Å². The molecular formula is C21H23N3O2S. The van der Waals surface area contributed by atoms with Gasteiger partial charge in [-0.2, -0.15) is 5.10 Å². The number of amidine groups is 1. The Labute approximate surface area is 163 Å². The van der Waals surface area contributed by atoms with Gasteiger partial charge in [-0.1, -0.05) is 62.0 Å². The van der Waals surface area contributed by atoms with Crippen molar-refractivity contribution >= 4 is 29.1 Å². The Kier molecular flexibility index (Phi) is 6.29. The fraction of sp³-hybridized carbons (Fsp3) is 0.286. The van der Waals surface area contributed by atoms with Crippen LogP contribution in [0.4, 0.5) is 0 Å². The lowest BCUT2D eigenvalue weighted by molar-refractivity contribution is -0.118. The number of nitrogens with zero attached hydrogens (tertiary/aromatic N) is 2. The van der Waals surface area contributed by atoms with Crippen LogP contribution in [0.3, 0.4) is 0 Å². The van der Waals surface area contributed by atoms with Gasteiger partial charge in [0.2, 0.25) is 5.91 Å². The number of carbonyl (C=O) groups is 1. The topological polar surface area (TPSA) is 63.1 Å². The van der Waals surface area contributed by atoms with Crippen molar-refractivity contribution in [2.45, 2.75) is 31.4 Å². The molecule has 2 aromatic carbocycles. The van der Waals surface area contributed by atoms with Gasteiger partial charge in [0, 0.05) is 0 Å². The molecular weight excluding hydrogens is 358 g/mol. The van der Waals surface area contributed by atoms with Crippen LogP contribution < -0.4 is 10.1 Å². The van der Waals surface area contributed by atoms with Crippen LogP contribution >= 0.6 is 11.8 Å². The number of hydrogen-bond donors (Lipinski definition) is 1. The van der Waals surface area contributed by atoms with E-state index in [0.29, 0.717) is 17.5 Å². The van der Waals surface area contributed by atoms with Crippen LogP contribution in [0.5, 0.6) is 5.75 Å². The molecule has 1 amide bonds. The zero-order chi connectivity index (χ0) is 19.2. The van der Waals surface area contributed by atoms with E-state index >= 15 is 0 Å². The maximum absolute atomic E-state index is 12.2. The lowest BCUT2D eigenvalue weighted by Gasteiger charge is -2.06. The number of hydrogen-bond acceptors (Lipinski definition) is 5. The predicted octanol–water partition coefficient (Wildman–Crippen LogP) is 3.98. The Bertz CT molecular complexity index is 843. The van der Waals surface area contributed by atoms with E-state index in [1.807, 2.05) is 36.4 Å². The molecule has 1 aliphatic rings. The first-order valence-electron chi connectivity index (χ1n) is 8.86. The highest BCUT2D eigenvalue weighted by Gasteiger charge is 2.30. The predicted molar refractivity (Wildman–Crippen MR) is 112 cm³/mol. The summed E-state index contributed by atoms with van der Waals surface area (Å²) in [5.74, 6) is 1.27. The van der Waals surface area contributed by atoms with Crippen molar-refractivity contribution in [3.63, 3.8) is 0 Å². The number of thioether (sulfide) groups is 1. The third-order valence-corrected chi connectivity index (χ3v) is 5.39. The van der Waals surface area contributed by atoms with Gasteiger partial charge in [0.25, 0.3) is 0 Å². The van der Waals surface area contributed by atoms with Gasteiger partial charge in [-0.25, -0.2) is 0 Å². The molecule has 1 N–H and O–H groups in total. The van der Waals surface area contributed by atoms with Crippen molar-refractivity contribution in [2.75, 3.05) is 7.11 Å². The van der Waals surface area contributed by atoms with Gasteiger partial charge in [0.15, 0.2) is 5.17 Å². The first-order valence-corrected chi connectivity index (χ1v) is 9.74. The highest BCUT2D eigenvalue weighted by molar-refractivity contribution is 8.15. The maximum atomic E-state index is 12.2. The number of nitrogens with one attached hydrogen (secondary N) is 1. The second-order valence-corrected chi connectivity index (χ2v) is 7.81. The van der Waals surface area contributed by atoms with Crippen molar-refractivity contribution in [2.24, 2.45) is 10.2 Å². The molecule has 1 fully saturated rings. The van der Waals surface area contributed by atoms with Crippen molar-refractivity contribution in [1.82, 2.24) is 5.32 Å². The lowest BCUT2D eigenvalue weighted by Crippen LogP contribution is -2.25. The van der Waals surface area contributed by atoms with Crippen LogP contribution in [-0.4, -0.2) is 29.6 Å².